The zero-order chi connectivity index (χ0) is 18.4. The number of unbranched alkanes of at least 4 members (excludes halogenated alkanes) is 2. The van der Waals surface area contributed by atoms with Crippen molar-refractivity contribution in [2.24, 2.45) is 0 Å². The van der Waals surface area contributed by atoms with Gasteiger partial charge in [0, 0.05) is 25.2 Å². The van der Waals surface area contributed by atoms with Gasteiger partial charge in [0.1, 0.15) is 0 Å². The summed E-state index contributed by atoms with van der Waals surface area (Å²) >= 11 is 0. The topological polar surface area (TPSA) is 87.5 Å². The number of hydrogen-bond donors (Lipinski definition) is 3. The molecule has 3 amide bonds. The number of hydrogen-bond acceptors (Lipinski definition) is 3. The minimum absolute atomic E-state index is 0.0347. The van der Waals surface area contributed by atoms with E-state index < -0.39 is 0 Å². The van der Waals surface area contributed by atoms with E-state index in [1.807, 2.05) is 41.3 Å². The molecule has 6 nitrogen and oxygen atoms in total. The summed E-state index contributed by atoms with van der Waals surface area (Å²) in [5.74, 6) is -0.0347. The monoisotopic (exact) mass is 352 g/mol. The molecule has 0 saturated heterocycles. The molecule has 136 valence electrons. The number of anilines is 3. The summed E-state index contributed by atoms with van der Waals surface area (Å²) in [6.07, 6.45) is 2.99. The van der Waals surface area contributed by atoms with Crippen molar-refractivity contribution < 1.29 is 9.59 Å². The molecule has 26 heavy (non-hydrogen) atoms. The summed E-state index contributed by atoms with van der Waals surface area (Å²) in [6, 6.07) is 15.0. The van der Waals surface area contributed by atoms with Crippen molar-refractivity contribution in [2.45, 2.75) is 32.2 Å². The van der Waals surface area contributed by atoms with E-state index >= 15 is 0 Å². The first-order chi connectivity index (χ1) is 12.6. The summed E-state index contributed by atoms with van der Waals surface area (Å²) in [5, 5.41) is 5.74. The van der Waals surface area contributed by atoms with Crippen molar-refractivity contribution in [2.75, 3.05) is 22.9 Å². The number of para-hydroxylation sites is 3. The standard InChI is InChI=1S/C20H24N4O2/c21-16-9-4-6-11-18(16)22-19(25)12-2-1-7-13-24-14-15-8-3-5-10-17(15)23-20(24)26/h3-6,8-11H,1-2,7,12-14,21H2,(H,22,25)(H,23,26). The fourth-order valence-electron chi connectivity index (χ4n) is 3.02. The van der Waals surface area contributed by atoms with E-state index in [0.29, 0.717) is 30.9 Å². The Morgan fingerprint density at radius 2 is 1.85 bits per heavy atom. The number of nitrogen functional groups attached to an aromatic ring is 1. The zero-order valence-corrected chi connectivity index (χ0v) is 14.7. The molecule has 0 atom stereocenters. The molecule has 0 unspecified atom stereocenters. The molecule has 6 heteroatoms. The molecular weight excluding hydrogens is 328 g/mol. The van der Waals surface area contributed by atoms with Crippen LogP contribution in [-0.2, 0) is 11.3 Å². The van der Waals surface area contributed by atoms with E-state index in [2.05, 4.69) is 10.6 Å². The van der Waals surface area contributed by atoms with Gasteiger partial charge in [-0.05, 0) is 36.6 Å². The number of nitrogens with two attached hydrogens (primary N) is 1. The molecule has 3 rings (SSSR count). The first-order valence-electron chi connectivity index (χ1n) is 8.91. The molecule has 0 aliphatic carbocycles. The summed E-state index contributed by atoms with van der Waals surface area (Å²) in [6.45, 7) is 1.32. The quantitative estimate of drug-likeness (QED) is 0.523. The lowest BCUT2D eigenvalue weighted by Crippen LogP contribution is -2.39. The molecule has 1 aliphatic rings. The van der Waals surface area contributed by atoms with E-state index in [1.165, 1.54) is 0 Å². The normalized spacial score (nSPS) is 13.1. The lowest BCUT2D eigenvalue weighted by Gasteiger charge is -2.29. The number of urea groups is 1. The summed E-state index contributed by atoms with van der Waals surface area (Å²) in [7, 11) is 0. The van der Waals surface area contributed by atoms with Crippen LogP contribution in [0, 0.1) is 0 Å². The summed E-state index contributed by atoms with van der Waals surface area (Å²) in [4.78, 5) is 25.9. The Hall–Kier alpha value is -3.02. The first-order valence-corrected chi connectivity index (χ1v) is 8.91. The second-order valence-electron chi connectivity index (χ2n) is 6.45. The summed E-state index contributed by atoms with van der Waals surface area (Å²) < 4.78 is 0. The van der Waals surface area contributed by atoms with Gasteiger partial charge >= 0.3 is 6.03 Å². The average Bonchev–Trinajstić information content (AvgIpc) is 2.63. The molecule has 0 aromatic heterocycles. The highest BCUT2D eigenvalue weighted by molar-refractivity contribution is 5.93. The largest absolute Gasteiger partial charge is 0.397 e. The third-order valence-electron chi connectivity index (χ3n) is 4.47. The number of nitrogens with zero attached hydrogens (tertiary/aromatic N) is 1. The lowest BCUT2D eigenvalue weighted by atomic mass is 10.1. The van der Waals surface area contributed by atoms with Crippen LogP contribution in [0.2, 0.25) is 0 Å². The van der Waals surface area contributed by atoms with E-state index in [4.69, 9.17) is 5.73 Å². The van der Waals surface area contributed by atoms with Crippen LogP contribution < -0.4 is 16.4 Å². The highest BCUT2D eigenvalue weighted by Crippen LogP contribution is 2.23. The van der Waals surface area contributed by atoms with Gasteiger partial charge in [-0.25, -0.2) is 4.79 Å². The van der Waals surface area contributed by atoms with Gasteiger partial charge in [0.05, 0.1) is 11.4 Å². The number of amides is 3. The fourth-order valence-corrected chi connectivity index (χ4v) is 3.02. The van der Waals surface area contributed by atoms with E-state index in [9.17, 15) is 9.59 Å². The van der Waals surface area contributed by atoms with Gasteiger partial charge in [0.25, 0.3) is 0 Å². The number of nitrogens with one attached hydrogen (secondary N) is 2. The first kappa shape index (κ1) is 17.8. The van der Waals surface area contributed by atoms with Crippen LogP contribution in [0.3, 0.4) is 0 Å². The van der Waals surface area contributed by atoms with Crippen molar-refractivity contribution in [1.82, 2.24) is 4.90 Å². The van der Waals surface area contributed by atoms with Gasteiger partial charge in [-0.2, -0.15) is 0 Å². The second-order valence-corrected chi connectivity index (χ2v) is 6.45. The number of benzene rings is 2. The molecule has 0 fully saturated rings. The van der Waals surface area contributed by atoms with Gasteiger partial charge in [0.15, 0.2) is 0 Å². The fraction of sp³-hybridized carbons (Fsp3) is 0.300. The van der Waals surface area contributed by atoms with E-state index in [-0.39, 0.29) is 11.9 Å². The molecule has 0 saturated carbocycles. The maximum absolute atomic E-state index is 12.1. The van der Waals surface area contributed by atoms with Crippen LogP contribution in [0.15, 0.2) is 48.5 Å². The average molecular weight is 352 g/mol. The zero-order valence-electron chi connectivity index (χ0n) is 14.7. The minimum atomic E-state index is -0.0546. The molecule has 2 aromatic rings. The smallest absolute Gasteiger partial charge is 0.322 e. The number of carbonyl (C=O) groups excluding carboxylic acids is 2. The second kappa shape index (κ2) is 8.38. The molecular formula is C20H24N4O2. The van der Waals surface area contributed by atoms with Crippen LogP contribution in [0.5, 0.6) is 0 Å². The highest BCUT2D eigenvalue weighted by atomic mass is 16.2. The van der Waals surface area contributed by atoms with E-state index in [0.717, 1.165) is 30.5 Å². The van der Waals surface area contributed by atoms with Crippen molar-refractivity contribution in [3.05, 3.63) is 54.1 Å². The lowest BCUT2D eigenvalue weighted by molar-refractivity contribution is -0.116. The highest BCUT2D eigenvalue weighted by Gasteiger charge is 2.21. The molecule has 1 heterocycles. The van der Waals surface area contributed by atoms with Gasteiger partial charge in [-0.15, -0.1) is 0 Å². The third kappa shape index (κ3) is 4.53. The Kier molecular flexibility index (Phi) is 5.73. The Morgan fingerprint density at radius 1 is 1.08 bits per heavy atom. The molecule has 0 bridgehead atoms. The van der Waals surface area contributed by atoms with Crippen molar-refractivity contribution in [3.63, 3.8) is 0 Å². The Morgan fingerprint density at radius 3 is 2.69 bits per heavy atom. The van der Waals surface area contributed by atoms with Crippen molar-refractivity contribution in [1.29, 1.82) is 0 Å². The third-order valence-corrected chi connectivity index (χ3v) is 4.47. The molecule has 1 aliphatic heterocycles. The van der Waals surface area contributed by atoms with Gasteiger partial charge in [0.2, 0.25) is 5.91 Å². The van der Waals surface area contributed by atoms with Gasteiger partial charge < -0.3 is 21.3 Å². The molecule has 4 N–H and O–H groups in total. The summed E-state index contributed by atoms with van der Waals surface area (Å²) in [5.41, 5.74) is 9.06. The number of rotatable bonds is 7. The van der Waals surface area contributed by atoms with E-state index in [1.54, 1.807) is 12.1 Å². The van der Waals surface area contributed by atoms with Gasteiger partial charge in [-0.3, -0.25) is 4.79 Å². The Labute approximate surface area is 153 Å². The Balaban J connectivity index is 1.36. The maximum atomic E-state index is 12.1. The predicted molar refractivity (Wildman–Crippen MR) is 104 cm³/mol. The van der Waals surface area contributed by atoms with Crippen LogP contribution in [0.1, 0.15) is 31.2 Å². The molecule has 0 radical (unpaired) electrons. The van der Waals surface area contributed by atoms with Crippen LogP contribution in [0.4, 0.5) is 21.9 Å². The van der Waals surface area contributed by atoms with Crippen LogP contribution in [-0.4, -0.2) is 23.4 Å². The number of carbonyl (C=O) groups is 2. The van der Waals surface area contributed by atoms with Gasteiger partial charge in [-0.1, -0.05) is 36.8 Å². The molecule has 0 spiro atoms. The van der Waals surface area contributed by atoms with Crippen LogP contribution >= 0.6 is 0 Å². The minimum Gasteiger partial charge on any atom is -0.397 e. The predicted octanol–water partition coefficient (Wildman–Crippen LogP) is 3.82. The number of fused-ring (bicyclic) bond motifs is 1. The van der Waals surface area contributed by atoms with Crippen LogP contribution in [0.25, 0.3) is 0 Å². The van der Waals surface area contributed by atoms with Crippen molar-refractivity contribution >= 4 is 29.0 Å². The van der Waals surface area contributed by atoms with Crippen molar-refractivity contribution in [3.8, 4) is 0 Å². The SMILES string of the molecule is Nc1ccccc1NC(=O)CCCCCN1Cc2ccccc2NC1=O. The Bertz CT molecular complexity index is 791. The maximum Gasteiger partial charge on any atom is 0.322 e. The molecule has 2 aromatic carbocycles.